The molecule has 0 saturated heterocycles. The van der Waals surface area contributed by atoms with Crippen molar-refractivity contribution in [1.82, 2.24) is 10.6 Å². The number of aryl methyl sites for hydroxylation is 1. The van der Waals surface area contributed by atoms with E-state index in [1.807, 2.05) is 42.6 Å². The molecule has 0 amide bonds. The molecule has 2 aromatic rings. The number of ether oxygens (including phenoxy) is 1. The van der Waals surface area contributed by atoms with Crippen molar-refractivity contribution >= 4 is 5.96 Å². The lowest BCUT2D eigenvalue weighted by Gasteiger charge is -2.37. The molecule has 4 N–H and O–H groups in total. The smallest absolute Gasteiger partial charge is 0.197 e. The fraction of sp³-hybridized carbons (Fsp3) is 0.286. The molecular weight excluding hydrogens is 324 g/mol. The number of nitrogens with two attached hydrogens (primary N) is 1. The second kappa shape index (κ2) is 8.06. The number of nitrogens with zero attached hydrogens (tertiary/aromatic N) is 1. The lowest BCUT2D eigenvalue weighted by molar-refractivity contribution is 0.327. The van der Waals surface area contributed by atoms with E-state index in [1.165, 1.54) is 11.1 Å². The summed E-state index contributed by atoms with van der Waals surface area (Å²) < 4.78 is 5.67. The van der Waals surface area contributed by atoms with Crippen LogP contribution in [0.25, 0.3) is 0 Å². The standard InChI is InChI=1S/C21H26N4O/c1-16-8-10-18(11-9-16)17(2)21(22)12-13-23-20(25-21)24-14-15-26-19-6-4-3-5-7-19/h3-13,17H,14-15,22H2,1-2H3,(H2,23,24,25)/t17-,21?/m0/s1. The van der Waals surface area contributed by atoms with Crippen molar-refractivity contribution in [1.29, 1.82) is 0 Å². The van der Waals surface area contributed by atoms with Gasteiger partial charge in [0.15, 0.2) is 5.96 Å². The Labute approximate surface area is 155 Å². The molecule has 0 saturated carbocycles. The highest BCUT2D eigenvalue weighted by atomic mass is 16.5. The first-order valence-electron chi connectivity index (χ1n) is 8.87. The molecule has 1 aliphatic rings. The highest BCUT2D eigenvalue weighted by molar-refractivity contribution is 5.83. The molecule has 26 heavy (non-hydrogen) atoms. The van der Waals surface area contributed by atoms with Crippen molar-refractivity contribution in [2.45, 2.75) is 25.4 Å². The first-order valence-corrected chi connectivity index (χ1v) is 8.87. The van der Waals surface area contributed by atoms with Gasteiger partial charge in [-0.15, -0.1) is 0 Å². The maximum atomic E-state index is 6.61. The van der Waals surface area contributed by atoms with Gasteiger partial charge in [-0.1, -0.05) is 55.0 Å². The van der Waals surface area contributed by atoms with E-state index in [0.717, 1.165) is 5.75 Å². The summed E-state index contributed by atoms with van der Waals surface area (Å²) in [5.74, 6) is 1.59. The van der Waals surface area contributed by atoms with Crippen LogP contribution >= 0.6 is 0 Å². The van der Waals surface area contributed by atoms with Crippen LogP contribution in [-0.4, -0.2) is 24.8 Å². The van der Waals surface area contributed by atoms with Crippen molar-refractivity contribution in [3.8, 4) is 5.75 Å². The lowest BCUT2D eigenvalue weighted by atomic mass is 9.87. The Morgan fingerprint density at radius 1 is 1.12 bits per heavy atom. The molecule has 0 aliphatic carbocycles. The quantitative estimate of drug-likeness (QED) is 0.701. The van der Waals surface area contributed by atoms with Crippen LogP contribution in [0.3, 0.4) is 0 Å². The molecule has 3 rings (SSSR count). The fourth-order valence-corrected chi connectivity index (χ4v) is 2.85. The summed E-state index contributed by atoms with van der Waals surface area (Å²) in [7, 11) is 0. The van der Waals surface area contributed by atoms with Crippen LogP contribution in [0, 0.1) is 6.92 Å². The van der Waals surface area contributed by atoms with Crippen LogP contribution in [0.1, 0.15) is 24.0 Å². The first kappa shape index (κ1) is 18.0. The number of nitrogens with one attached hydrogen (secondary N) is 2. The molecule has 0 bridgehead atoms. The highest BCUT2D eigenvalue weighted by Gasteiger charge is 2.33. The van der Waals surface area contributed by atoms with Crippen molar-refractivity contribution in [3.05, 3.63) is 78.0 Å². The van der Waals surface area contributed by atoms with E-state index in [1.54, 1.807) is 0 Å². The third kappa shape index (κ3) is 4.43. The Kier molecular flexibility index (Phi) is 5.58. The van der Waals surface area contributed by atoms with Crippen molar-refractivity contribution in [2.24, 2.45) is 10.7 Å². The summed E-state index contributed by atoms with van der Waals surface area (Å²) in [5, 5.41) is 6.43. The van der Waals surface area contributed by atoms with Crippen LogP contribution in [0.4, 0.5) is 0 Å². The molecule has 136 valence electrons. The van der Waals surface area contributed by atoms with Crippen LogP contribution in [0.15, 0.2) is 71.9 Å². The van der Waals surface area contributed by atoms with Gasteiger partial charge in [0.25, 0.3) is 0 Å². The first-order chi connectivity index (χ1) is 12.6. The van der Waals surface area contributed by atoms with Crippen LogP contribution in [0.5, 0.6) is 5.75 Å². The zero-order valence-corrected chi connectivity index (χ0v) is 15.3. The number of hydrogen-bond acceptors (Lipinski definition) is 3. The zero-order valence-electron chi connectivity index (χ0n) is 15.3. The summed E-state index contributed by atoms with van der Waals surface area (Å²) in [5.41, 5.74) is 8.34. The van der Waals surface area contributed by atoms with Crippen molar-refractivity contribution in [3.63, 3.8) is 0 Å². The molecule has 5 heteroatoms. The van der Waals surface area contributed by atoms with Crippen LogP contribution in [0.2, 0.25) is 0 Å². The van der Waals surface area contributed by atoms with Gasteiger partial charge in [-0.3, -0.25) is 0 Å². The van der Waals surface area contributed by atoms with Gasteiger partial charge in [0.05, 0.1) is 6.54 Å². The lowest BCUT2D eigenvalue weighted by Crippen LogP contribution is -2.62. The summed E-state index contributed by atoms with van der Waals surface area (Å²) >= 11 is 0. The number of hydrogen-bond donors (Lipinski definition) is 3. The van der Waals surface area contributed by atoms with Gasteiger partial charge in [0.2, 0.25) is 0 Å². The maximum absolute atomic E-state index is 6.61. The fourth-order valence-electron chi connectivity index (χ4n) is 2.85. The normalized spacial score (nSPS) is 21.7. The molecule has 1 aliphatic heterocycles. The van der Waals surface area contributed by atoms with Gasteiger partial charge < -0.3 is 21.1 Å². The molecule has 1 heterocycles. The second-order valence-electron chi connectivity index (χ2n) is 6.56. The summed E-state index contributed by atoms with van der Waals surface area (Å²) in [6.07, 6.45) is 3.79. The Morgan fingerprint density at radius 2 is 1.85 bits per heavy atom. The molecule has 1 unspecified atom stereocenters. The van der Waals surface area contributed by atoms with E-state index in [2.05, 4.69) is 53.7 Å². The molecule has 2 atom stereocenters. The number of rotatable bonds is 6. The Morgan fingerprint density at radius 3 is 2.58 bits per heavy atom. The highest BCUT2D eigenvalue weighted by Crippen LogP contribution is 2.26. The van der Waals surface area contributed by atoms with Gasteiger partial charge in [0, 0.05) is 12.1 Å². The topological polar surface area (TPSA) is 71.7 Å². The van der Waals surface area contributed by atoms with E-state index in [0.29, 0.717) is 19.1 Å². The molecular formula is C21H26N4O. The summed E-state index contributed by atoms with van der Waals surface area (Å²) in [4.78, 5) is 4.52. The predicted molar refractivity (Wildman–Crippen MR) is 106 cm³/mol. The van der Waals surface area contributed by atoms with Crippen LogP contribution in [-0.2, 0) is 0 Å². The van der Waals surface area contributed by atoms with E-state index in [4.69, 9.17) is 10.5 Å². The molecule has 0 fully saturated rings. The molecule has 0 radical (unpaired) electrons. The van der Waals surface area contributed by atoms with Crippen molar-refractivity contribution in [2.75, 3.05) is 13.2 Å². The largest absolute Gasteiger partial charge is 0.492 e. The van der Waals surface area contributed by atoms with Gasteiger partial charge in [-0.05, 0) is 30.7 Å². The van der Waals surface area contributed by atoms with Crippen LogP contribution < -0.4 is 21.1 Å². The van der Waals surface area contributed by atoms with Gasteiger partial charge in [0.1, 0.15) is 18.0 Å². The minimum absolute atomic E-state index is 0.0900. The Balaban J connectivity index is 1.59. The van der Waals surface area contributed by atoms with E-state index >= 15 is 0 Å². The van der Waals surface area contributed by atoms with Gasteiger partial charge >= 0.3 is 0 Å². The monoisotopic (exact) mass is 350 g/mol. The van der Waals surface area contributed by atoms with Gasteiger partial charge in [-0.25, -0.2) is 4.99 Å². The third-order valence-corrected chi connectivity index (χ3v) is 4.58. The third-order valence-electron chi connectivity index (χ3n) is 4.58. The summed E-state index contributed by atoms with van der Waals surface area (Å²) in [6.45, 7) is 5.24. The zero-order chi connectivity index (χ0) is 18.4. The van der Waals surface area contributed by atoms with E-state index in [-0.39, 0.29) is 5.92 Å². The number of para-hydroxylation sites is 1. The molecule has 0 spiro atoms. The SMILES string of the molecule is Cc1ccc([C@H](C)C2(N)C=CNC(=NCCOc3ccccc3)N2)cc1. The number of aliphatic imine (C=N–C) groups is 1. The minimum Gasteiger partial charge on any atom is -0.492 e. The second-order valence-corrected chi connectivity index (χ2v) is 6.56. The number of guanidine groups is 1. The predicted octanol–water partition coefficient (Wildman–Crippen LogP) is 2.90. The minimum atomic E-state index is -0.695. The average Bonchev–Trinajstić information content (AvgIpc) is 2.66. The Hall–Kier alpha value is -2.79. The molecule has 2 aromatic carbocycles. The molecule has 5 nitrogen and oxygen atoms in total. The maximum Gasteiger partial charge on any atom is 0.197 e. The Bertz CT molecular complexity index is 770. The average molecular weight is 350 g/mol. The van der Waals surface area contributed by atoms with Gasteiger partial charge in [-0.2, -0.15) is 0 Å². The molecule has 0 aromatic heterocycles. The van der Waals surface area contributed by atoms with E-state index in [9.17, 15) is 0 Å². The van der Waals surface area contributed by atoms with E-state index < -0.39 is 5.66 Å². The number of benzene rings is 2. The van der Waals surface area contributed by atoms with Crippen molar-refractivity contribution < 1.29 is 4.74 Å². The summed E-state index contributed by atoms with van der Waals surface area (Å²) in [6, 6.07) is 18.2.